The third-order valence-corrected chi connectivity index (χ3v) is 4.02. The molecule has 1 rings (SSSR count). The summed E-state index contributed by atoms with van der Waals surface area (Å²) in [6.45, 7) is 5.43. The number of hydrogen-bond acceptors (Lipinski definition) is 1. The number of hydrogen-bond donors (Lipinski definition) is 1. The van der Waals surface area contributed by atoms with Crippen molar-refractivity contribution in [2.45, 2.75) is 90.5 Å². The average Bonchev–Trinajstić information content (AvgIpc) is 2.31. The molecule has 0 unspecified atom stereocenters. The Labute approximate surface area is 114 Å². The van der Waals surface area contributed by atoms with Crippen molar-refractivity contribution in [2.75, 3.05) is 6.54 Å². The molecule has 1 aliphatic rings. The smallest absolute Gasteiger partial charge is 0.0139 e. The minimum Gasteiger partial charge on any atom is -0.311 e. The molecular weight excluding hydrogens is 218 g/mol. The largest absolute Gasteiger partial charge is 0.311 e. The number of allylic oxidation sites excluding steroid dienone is 1. The van der Waals surface area contributed by atoms with Crippen LogP contribution in [0.5, 0.6) is 0 Å². The quantitative estimate of drug-likeness (QED) is 0.678. The Kier molecular flexibility index (Phi) is 9.28. The van der Waals surface area contributed by atoms with Gasteiger partial charge in [0, 0.05) is 12.6 Å². The van der Waals surface area contributed by atoms with Crippen LogP contribution in [0, 0.1) is 0 Å². The van der Waals surface area contributed by atoms with Crippen LogP contribution in [0.1, 0.15) is 84.5 Å². The maximum absolute atomic E-state index is 3.73. The van der Waals surface area contributed by atoms with Crippen LogP contribution in [0.25, 0.3) is 0 Å². The SMILES string of the molecule is CC(C)=CCNC1CCCCCCCCCCC1. The molecule has 0 amide bonds. The van der Waals surface area contributed by atoms with Crippen LogP contribution in [-0.2, 0) is 0 Å². The van der Waals surface area contributed by atoms with E-state index in [-0.39, 0.29) is 0 Å². The number of nitrogens with one attached hydrogen (secondary N) is 1. The van der Waals surface area contributed by atoms with E-state index in [4.69, 9.17) is 0 Å². The minimum atomic E-state index is 0.764. The van der Waals surface area contributed by atoms with Gasteiger partial charge >= 0.3 is 0 Å². The van der Waals surface area contributed by atoms with E-state index >= 15 is 0 Å². The van der Waals surface area contributed by atoms with Crippen LogP contribution in [0.3, 0.4) is 0 Å². The third kappa shape index (κ3) is 8.74. The standard InChI is InChI=1S/C17H33N/c1-16(2)14-15-18-17-12-10-8-6-4-3-5-7-9-11-13-17/h14,17-18H,3-13,15H2,1-2H3. The van der Waals surface area contributed by atoms with E-state index in [0.717, 1.165) is 12.6 Å². The molecule has 1 saturated carbocycles. The van der Waals surface area contributed by atoms with Crippen molar-refractivity contribution in [2.24, 2.45) is 0 Å². The summed E-state index contributed by atoms with van der Waals surface area (Å²) in [7, 11) is 0. The van der Waals surface area contributed by atoms with E-state index in [0.29, 0.717) is 0 Å². The van der Waals surface area contributed by atoms with E-state index in [1.54, 1.807) is 0 Å². The zero-order valence-electron chi connectivity index (χ0n) is 12.6. The molecule has 0 bridgehead atoms. The molecule has 106 valence electrons. The van der Waals surface area contributed by atoms with Gasteiger partial charge in [0.1, 0.15) is 0 Å². The normalized spacial score (nSPS) is 20.8. The lowest BCUT2D eigenvalue weighted by atomic mass is 9.98. The Morgan fingerprint density at radius 1 is 0.833 bits per heavy atom. The summed E-state index contributed by atoms with van der Waals surface area (Å²) in [6.07, 6.45) is 18.2. The summed E-state index contributed by atoms with van der Waals surface area (Å²) in [6, 6.07) is 0.764. The molecule has 0 heterocycles. The summed E-state index contributed by atoms with van der Waals surface area (Å²) in [4.78, 5) is 0. The second kappa shape index (κ2) is 10.6. The van der Waals surface area contributed by atoms with Crippen molar-refractivity contribution in [1.82, 2.24) is 5.32 Å². The molecule has 0 aromatic carbocycles. The van der Waals surface area contributed by atoms with Gasteiger partial charge < -0.3 is 5.32 Å². The molecule has 1 N–H and O–H groups in total. The van der Waals surface area contributed by atoms with Crippen molar-refractivity contribution in [3.05, 3.63) is 11.6 Å². The Morgan fingerprint density at radius 3 is 1.72 bits per heavy atom. The van der Waals surface area contributed by atoms with Crippen LogP contribution in [0.15, 0.2) is 11.6 Å². The zero-order valence-corrected chi connectivity index (χ0v) is 12.6. The van der Waals surface area contributed by atoms with Gasteiger partial charge in [-0.2, -0.15) is 0 Å². The predicted octanol–water partition coefficient (Wildman–Crippen LogP) is 5.22. The molecule has 0 spiro atoms. The first kappa shape index (κ1) is 15.8. The topological polar surface area (TPSA) is 12.0 Å². The highest BCUT2D eigenvalue weighted by Gasteiger charge is 2.07. The highest BCUT2D eigenvalue weighted by molar-refractivity contribution is 4.94. The van der Waals surface area contributed by atoms with Crippen molar-refractivity contribution in [3.63, 3.8) is 0 Å². The molecule has 0 aromatic rings. The van der Waals surface area contributed by atoms with Crippen molar-refractivity contribution in [1.29, 1.82) is 0 Å². The molecule has 0 atom stereocenters. The first-order valence-corrected chi connectivity index (χ1v) is 8.16. The summed E-state index contributed by atoms with van der Waals surface area (Å²) >= 11 is 0. The molecule has 1 heteroatoms. The van der Waals surface area contributed by atoms with E-state index in [9.17, 15) is 0 Å². The molecule has 1 fully saturated rings. The molecule has 1 nitrogen and oxygen atoms in total. The van der Waals surface area contributed by atoms with Gasteiger partial charge in [-0.25, -0.2) is 0 Å². The van der Waals surface area contributed by atoms with Crippen molar-refractivity contribution in [3.8, 4) is 0 Å². The average molecular weight is 251 g/mol. The maximum atomic E-state index is 3.73. The van der Waals surface area contributed by atoms with E-state index in [1.807, 2.05) is 0 Å². The van der Waals surface area contributed by atoms with Gasteiger partial charge in [-0.05, 0) is 26.7 Å². The van der Waals surface area contributed by atoms with Gasteiger partial charge in [0.15, 0.2) is 0 Å². The van der Waals surface area contributed by atoms with E-state index in [1.165, 1.54) is 76.2 Å². The molecule has 1 aliphatic carbocycles. The Bertz CT molecular complexity index is 204. The first-order chi connectivity index (χ1) is 8.79. The minimum absolute atomic E-state index is 0.764. The molecule has 0 saturated heterocycles. The first-order valence-electron chi connectivity index (χ1n) is 8.16. The predicted molar refractivity (Wildman–Crippen MR) is 82.0 cm³/mol. The third-order valence-electron chi connectivity index (χ3n) is 4.02. The lowest BCUT2D eigenvalue weighted by Crippen LogP contribution is -2.29. The van der Waals surface area contributed by atoms with Crippen LogP contribution >= 0.6 is 0 Å². The lowest BCUT2D eigenvalue weighted by Gasteiger charge is -2.18. The summed E-state index contributed by atoms with van der Waals surface area (Å²) in [5.41, 5.74) is 1.43. The van der Waals surface area contributed by atoms with Crippen molar-refractivity contribution < 1.29 is 0 Å². The van der Waals surface area contributed by atoms with Gasteiger partial charge in [0.25, 0.3) is 0 Å². The fourth-order valence-electron chi connectivity index (χ4n) is 2.80. The molecule has 0 radical (unpaired) electrons. The molecule has 18 heavy (non-hydrogen) atoms. The van der Waals surface area contributed by atoms with Crippen LogP contribution < -0.4 is 5.32 Å². The van der Waals surface area contributed by atoms with Gasteiger partial charge in [0.05, 0.1) is 0 Å². The van der Waals surface area contributed by atoms with Gasteiger partial charge in [-0.3, -0.25) is 0 Å². The van der Waals surface area contributed by atoms with E-state index < -0.39 is 0 Å². The second-order valence-electron chi connectivity index (χ2n) is 6.15. The van der Waals surface area contributed by atoms with Crippen molar-refractivity contribution >= 4 is 0 Å². The Morgan fingerprint density at radius 2 is 1.28 bits per heavy atom. The van der Waals surface area contributed by atoms with Gasteiger partial charge in [-0.1, -0.05) is 69.4 Å². The fourth-order valence-corrected chi connectivity index (χ4v) is 2.80. The highest BCUT2D eigenvalue weighted by atomic mass is 14.9. The van der Waals surface area contributed by atoms with Crippen LogP contribution in [0.2, 0.25) is 0 Å². The Balaban J connectivity index is 2.25. The summed E-state index contributed by atoms with van der Waals surface area (Å²) in [5, 5.41) is 3.73. The zero-order chi connectivity index (χ0) is 13.1. The Hall–Kier alpha value is -0.300. The molecule has 0 aliphatic heterocycles. The summed E-state index contributed by atoms with van der Waals surface area (Å²) < 4.78 is 0. The van der Waals surface area contributed by atoms with Gasteiger partial charge in [0.2, 0.25) is 0 Å². The lowest BCUT2D eigenvalue weighted by molar-refractivity contribution is 0.416. The monoisotopic (exact) mass is 251 g/mol. The maximum Gasteiger partial charge on any atom is 0.0139 e. The second-order valence-corrected chi connectivity index (χ2v) is 6.15. The van der Waals surface area contributed by atoms with Crippen LogP contribution in [-0.4, -0.2) is 12.6 Å². The molecular formula is C17H33N. The van der Waals surface area contributed by atoms with Crippen LogP contribution in [0.4, 0.5) is 0 Å². The summed E-state index contributed by atoms with van der Waals surface area (Å²) in [5.74, 6) is 0. The van der Waals surface area contributed by atoms with E-state index in [2.05, 4.69) is 25.2 Å². The van der Waals surface area contributed by atoms with Gasteiger partial charge in [-0.15, -0.1) is 0 Å². The fraction of sp³-hybridized carbons (Fsp3) is 0.882. The number of rotatable bonds is 3. The highest BCUT2D eigenvalue weighted by Crippen LogP contribution is 2.16. The molecule has 0 aromatic heterocycles.